The van der Waals surface area contributed by atoms with Crippen LogP contribution in [-0.4, -0.2) is 40.3 Å². The molecule has 17 heavy (non-hydrogen) atoms. The Morgan fingerprint density at radius 2 is 2.12 bits per heavy atom. The molecule has 1 rings (SSSR count). The summed E-state index contributed by atoms with van der Waals surface area (Å²) in [6.45, 7) is 5.99. The van der Waals surface area contributed by atoms with E-state index >= 15 is 0 Å². The lowest BCUT2D eigenvalue weighted by Crippen LogP contribution is -2.43. The minimum absolute atomic E-state index is 0.0183. The number of hydrogen-bond acceptors (Lipinski definition) is 4. The fraction of sp³-hybridized carbons (Fsp3) is 0.583. The standard InChI is InChI=1S/C12H19NO4/c1-8-5-9(17-10(8)11(15)16)6-13(4)12(2,3)7-14/h5,14H,6-7H2,1-4H3,(H,15,16). The van der Waals surface area contributed by atoms with Crippen LogP contribution in [0.15, 0.2) is 10.5 Å². The maximum atomic E-state index is 10.8. The third kappa shape index (κ3) is 3.08. The number of aryl methyl sites for hydroxylation is 1. The molecule has 0 unspecified atom stereocenters. The Kier molecular flexibility index (Phi) is 3.95. The molecule has 5 heteroatoms. The smallest absolute Gasteiger partial charge is 0.372 e. The van der Waals surface area contributed by atoms with E-state index < -0.39 is 5.97 Å². The molecule has 0 bridgehead atoms. The van der Waals surface area contributed by atoms with Crippen molar-refractivity contribution in [1.29, 1.82) is 0 Å². The van der Waals surface area contributed by atoms with E-state index in [1.807, 2.05) is 25.8 Å². The third-order valence-corrected chi connectivity index (χ3v) is 2.98. The number of rotatable bonds is 5. The zero-order valence-electron chi connectivity index (χ0n) is 10.6. The molecular weight excluding hydrogens is 222 g/mol. The molecule has 1 heterocycles. The van der Waals surface area contributed by atoms with Crippen LogP contribution in [0, 0.1) is 6.92 Å². The fourth-order valence-corrected chi connectivity index (χ4v) is 1.41. The molecule has 0 aromatic carbocycles. The van der Waals surface area contributed by atoms with Crippen LogP contribution in [0.25, 0.3) is 0 Å². The van der Waals surface area contributed by atoms with Crippen molar-refractivity contribution in [1.82, 2.24) is 4.90 Å². The van der Waals surface area contributed by atoms with Crippen LogP contribution >= 0.6 is 0 Å². The second-order valence-electron chi connectivity index (χ2n) is 4.86. The van der Waals surface area contributed by atoms with E-state index in [9.17, 15) is 9.90 Å². The molecule has 0 aliphatic carbocycles. The number of carbonyl (C=O) groups is 1. The minimum atomic E-state index is -1.06. The van der Waals surface area contributed by atoms with Gasteiger partial charge < -0.3 is 14.6 Å². The predicted octanol–water partition coefficient (Wildman–Crippen LogP) is 1.49. The first-order valence-electron chi connectivity index (χ1n) is 5.42. The zero-order valence-corrected chi connectivity index (χ0v) is 10.6. The highest BCUT2D eigenvalue weighted by molar-refractivity contribution is 5.86. The highest BCUT2D eigenvalue weighted by atomic mass is 16.4. The van der Waals surface area contributed by atoms with Crippen molar-refractivity contribution in [2.45, 2.75) is 32.9 Å². The Balaban J connectivity index is 2.83. The van der Waals surface area contributed by atoms with Gasteiger partial charge in [-0.05, 0) is 33.9 Å². The van der Waals surface area contributed by atoms with Gasteiger partial charge in [0.05, 0.1) is 13.2 Å². The maximum Gasteiger partial charge on any atom is 0.372 e. The van der Waals surface area contributed by atoms with Crippen LogP contribution in [0.3, 0.4) is 0 Å². The van der Waals surface area contributed by atoms with Gasteiger partial charge in [-0.3, -0.25) is 4.90 Å². The number of aliphatic hydroxyl groups excluding tert-OH is 1. The minimum Gasteiger partial charge on any atom is -0.475 e. The summed E-state index contributed by atoms with van der Waals surface area (Å²) in [4.78, 5) is 12.7. The summed E-state index contributed by atoms with van der Waals surface area (Å²) in [5.41, 5.74) is 0.243. The summed E-state index contributed by atoms with van der Waals surface area (Å²) in [7, 11) is 1.86. The molecule has 5 nitrogen and oxygen atoms in total. The first-order chi connectivity index (χ1) is 7.77. The van der Waals surface area contributed by atoms with Crippen LogP contribution in [-0.2, 0) is 6.54 Å². The van der Waals surface area contributed by atoms with Crippen LogP contribution in [0.5, 0.6) is 0 Å². The van der Waals surface area contributed by atoms with Gasteiger partial charge in [0.25, 0.3) is 0 Å². The summed E-state index contributed by atoms with van der Waals surface area (Å²) >= 11 is 0. The first kappa shape index (κ1) is 13.7. The van der Waals surface area contributed by atoms with Gasteiger partial charge in [0.2, 0.25) is 5.76 Å². The molecular formula is C12H19NO4. The van der Waals surface area contributed by atoms with Gasteiger partial charge in [-0.25, -0.2) is 4.79 Å². The topological polar surface area (TPSA) is 73.9 Å². The average molecular weight is 241 g/mol. The lowest BCUT2D eigenvalue weighted by Gasteiger charge is -2.33. The molecule has 0 radical (unpaired) electrons. The molecule has 0 spiro atoms. The lowest BCUT2D eigenvalue weighted by atomic mass is 10.1. The molecule has 0 fully saturated rings. The van der Waals surface area contributed by atoms with Gasteiger partial charge in [-0.1, -0.05) is 0 Å². The summed E-state index contributed by atoms with van der Waals surface area (Å²) in [5.74, 6) is -0.489. The summed E-state index contributed by atoms with van der Waals surface area (Å²) < 4.78 is 5.26. The van der Waals surface area contributed by atoms with Crippen molar-refractivity contribution < 1.29 is 19.4 Å². The Labute approximate surface area is 101 Å². The number of hydrogen-bond donors (Lipinski definition) is 2. The molecule has 0 aliphatic heterocycles. The van der Waals surface area contributed by atoms with E-state index in [0.29, 0.717) is 17.9 Å². The van der Waals surface area contributed by atoms with E-state index in [1.165, 1.54) is 0 Å². The van der Waals surface area contributed by atoms with Crippen LogP contribution in [0.4, 0.5) is 0 Å². The van der Waals surface area contributed by atoms with E-state index in [1.54, 1.807) is 13.0 Å². The molecule has 0 saturated heterocycles. The fourth-order valence-electron chi connectivity index (χ4n) is 1.41. The van der Waals surface area contributed by atoms with E-state index in [0.717, 1.165) is 0 Å². The quantitative estimate of drug-likeness (QED) is 0.817. The number of carboxylic acids is 1. The summed E-state index contributed by atoms with van der Waals surface area (Å²) in [6.07, 6.45) is 0. The predicted molar refractivity (Wildman–Crippen MR) is 63.0 cm³/mol. The van der Waals surface area contributed by atoms with Gasteiger partial charge in [0.1, 0.15) is 5.76 Å². The Morgan fingerprint density at radius 1 is 1.53 bits per heavy atom. The SMILES string of the molecule is Cc1cc(CN(C)C(C)(C)CO)oc1C(=O)O. The van der Waals surface area contributed by atoms with Crippen molar-refractivity contribution in [3.05, 3.63) is 23.2 Å². The number of likely N-dealkylation sites (N-methyl/N-ethyl adjacent to an activating group) is 1. The Hall–Kier alpha value is -1.33. The average Bonchev–Trinajstić information content (AvgIpc) is 2.59. The Bertz CT molecular complexity index is 409. The van der Waals surface area contributed by atoms with Gasteiger partial charge in [0.15, 0.2) is 0 Å². The third-order valence-electron chi connectivity index (χ3n) is 2.98. The van der Waals surface area contributed by atoms with Crippen molar-refractivity contribution in [3.8, 4) is 0 Å². The number of carboxylic acid groups (broad SMARTS) is 1. The van der Waals surface area contributed by atoms with Crippen LogP contribution < -0.4 is 0 Å². The first-order valence-corrected chi connectivity index (χ1v) is 5.42. The molecule has 0 saturated carbocycles. The molecule has 0 atom stereocenters. The van der Waals surface area contributed by atoms with Gasteiger partial charge >= 0.3 is 5.97 Å². The Morgan fingerprint density at radius 3 is 2.53 bits per heavy atom. The summed E-state index contributed by atoms with van der Waals surface area (Å²) in [6, 6.07) is 1.72. The molecule has 1 aromatic rings. The number of aromatic carboxylic acids is 1. The lowest BCUT2D eigenvalue weighted by molar-refractivity contribution is 0.0618. The molecule has 2 N–H and O–H groups in total. The highest BCUT2D eigenvalue weighted by Gasteiger charge is 2.24. The monoisotopic (exact) mass is 241 g/mol. The van der Waals surface area contributed by atoms with Crippen LogP contribution in [0.2, 0.25) is 0 Å². The van der Waals surface area contributed by atoms with Crippen LogP contribution in [0.1, 0.15) is 35.7 Å². The molecule has 0 amide bonds. The highest BCUT2D eigenvalue weighted by Crippen LogP contribution is 2.19. The van der Waals surface area contributed by atoms with Crippen molar-refractivity contribution in [2.24, 2.45) is 0 Å². The molecule has 96 valence electrons. The second kappa shape index (κ2) is 4.89. The molecule has 1 aromatic heterocycles. The van der Waals surface area contributed by atoms with Crippen molar-refractivity contribution >= 4 is 5.97 Å². The normalized spacial score (nSPS) is 12.1. The maximum absolute atomic E-state index is 10.8. The number of nitrogens with zero attached hydrogens (tertiary/aromatic N) is 1. The van der Waals surface area contributed by atoms with Crippen molar-refractivity contribution in [2.75, 3.05) is 13.7 Å². The molecule has 0 aliphatic rings. The number of furan rings is 1. The number of aliphatic hydroxyl groups is 1. The largest absolute Gasteiger partial charge is 0.475 e. The van der Waals surface area contributed by atoms with E-state index in [-0.39, 0.29) is 17.9 Å². The summed E-state index contributed by atoms with van der Waals surface area (Å²) in [5, 5.41) is 18.1. The van der Waals surface area contributed by atoms with Crippen molar-refractivity contribution in [3.63, 3.8) is 0 Å². The van der Waals surface area contributed by atoms with Gasteiger partial charge in [-0.15, -0.1) is 0 Å². The van der Waals surface area contributed by atoms with E-state index in [4.69, 9.17) is 9.52 Å². The van der Waals surface area contributed by atoms with Gasteiger partial charge in [0, 0.05) is 11.1 Å². The van der Waals surface area contributed by atoms with Gasteiger partial charge in [-0.2, -0.15) is 0 Å². The van der Waals surface area contributed by atoms with E-state index in [2.05, 4.69) is 0 Å². The zero-order chi connectivity index (χ0) is 13.2. The second-order valence-corrected chi connectivity index (χ2v) is 4.86.